The van der Waals surface area contributed by atoms with Gasteiger partial charge in [0.15, 0.2) is 0 Å². The lowest BCUT2D eigenvalue weighted by Gasteiger charge is -2.07. The molecular formula is C19H26O3. The third kappa shape index (κ3) is 6.17. The molecule has 1 aromatic rings. The third-order valence-corrected chi connectivity index (χ3v) is 3.32. The molecule has 3 heteroatoms. The summed E-state index contributed by atoms with van der Waals surface area (Å²) in [5.41, 5.74) is 0.988. The van der Waals surface area contributed by atoms with Crippen molar-refractivity contribution in [3.63, 3.8) is 0 Å². The number of hydrogen-bond donors (Lipinski definition) is 1. The van der Waals surface area contributed by atoms with Crippen LogP contribution < -0.4 is 0 Å². The number of allylic oxidation sites excluding steroid dienone is 3. The van der Waals surface area contributed by atoms with Gasteiger partial charge in [0.05, 0.1) is 6.26 Å². The van der Waals surface area contributed by atoms with Crippen LogP contribution in [-0.4, -0.2) is 11.1 Å². The number of ether oxygens (including phenoxy) is 1. The van der Waals surface area contributed by atoms with E-state index < -0.39 is 5.97 Å². The van der Waals surface area contributed by atoms with Crippen LogP contribution in [0.15, 0.2) is 42.7 Å². The quantitative estimate of drug-likeness (QED) is 0.297. The van der Waals surface area contributed by atoms with Crippen molar-refractivity contribution in [3.8, 4) is 5.75 Å². The van der Waals surface area contributed by atoms with Crippen LogP contribution in [0.1, 0.15) is 61.9 Å². The number of benzene rings is 1. The van der Waals surface area contributed by atoms with E-state index in [4.69, 9.17) is 4.74 Å². The smallest absolute Gasteiger partial charge is 0.346 e. The molecule has 1 N–H and O–H groups in total. The standard InChI is InChI=1S/C19H26O3/c1-3-5-7-9-12-16-13-11-14-17(18(16)20)19(21)22-15-10-8-6-4-2/h5,7,10-11,13-15,20H,3-4,6,8-9,12H2,1-2H3/b7-5-,15-10?. The first-order chi connectivity index (χ1) is 10.7. The number of phenolic OH excluding ortho intramolecular Hbond substituents is 1. The lowest BCUT2D eigenvalue weighted by atomic mass is 10.0. The second-order valence-corrected chi connectivity index (χ2v) is 5.15. The lowest BCUT2D eigenvalue weighted by molar-refractivity contribution is 0.0659. The highest BCUT2D eigenvalue weighted by Crippen LogP contribution is 2.24. The molecule has 0 aliphatic rings. The number of hydrogen-bond acceptors (Lipinski definition) is 3. The predicted octanol–water partition coefficient (Wildman–Crippen LogP) is 5.15. The van der Waals surface area contributed by atoms with E-state index in [9.17, 15) is 9.90 Å². The molecule has 0 heterocycles. The number of carbonyl (C=O) groups is 1. The molecule has 0 saturated heterocycles. The van der Waals surface area contributed by atoms with Crippen LogP contribution >= 0.6 is 0 Å². The van der Waals surface area contributed by atoms with E-state index in [0.29, 0.717) is 6.42 Å². The maximum absolute atomic E-state index is 12.0. The van der Waals surface area contributed by atoms with Gasteiger partial charge < -0.3 is 9.84 Å². The first-order valence-electron chi connectivity index (χ1n) is 8.02. The topological polar surface area (TPSA) is 46.5 Å². The molecule has 0 aromatic heterocycles. The number of aromatic hydroxyl groups is 1. The molecule has 0 bridgehead atoms. The van der Waals surface area contributed by atoms with Gasteiger partial charge in [-0.25, -0.2) is 4.79 Å². The van der Waals surface area contributed by atoms with Crippen molar-refractivity contribution in [3.05, 3.63) is 53.8 Å². The summed E-state index contributed by atoms with van der Waals surface area (Å²) < 4.78 is 5.06. The third-order valence-electron chi connectivity index (χ3n) is 3.32. The van der Waals surface area contributed by atoms with Gasteiger partial charge in [0.1, 0.15) is 11.3 Å². The minimum atomic E-state index is -0.517. The van der Waals surface area contributed by atoms with E-state index in [1.807, 2.05) is 12.1 Å². The first-order valence-corrected chi connectivity index (χ1v) is 8.02. The number of esters is 1. The molecule has 1 rings (SSSR count). The fourth-order valence-corrected chi connectivity index (χ4v) is 2.04. The molecule has 3 nitrogen and oxygen atoms in total. The van der Waals surface area contributed by atoms with Gasteiger partial charge in [0, 0.05) is 0 Å². The summed E-state index contributed by atoms with van der Waals surface area (Å²) >= 11 is 0. The Hall–Kier alpha value is -2.03. The van der Waals surface area contributed by atoms with Gasteiger partial charge in [-0.1, -0.05) is 44.6 Å². The van der Waals surface area contributed by atoms with Crippen molar-refractivity contribution >= 4 is 5.97 Å². The molecule has 120 valence electrons. The molecule has 1 aromatic carbocycles. The monoisotopic (exact) mass is 302 g/mol. The van der Waals surface area contributed by atoms with E-state index in [0.717, 1.165) is 37.7 Å². The summed E-state index contributed by atoms with van der Waals surface area (Å²) in [4.78, 5) is 12.0. The van der Waals surface area contributed by atoms with Crippen molar-refractivity contribution in [1.29, 1.82) is 0 Å². The minimum absolute atomic E-state index is 0.0272. The largest absolute Gasteiger partial charge is 0.507 e. The zero-order valence-electron chi connectivity index (χ0n) is 13.5. The van der Waals surface area contributed by atoms with Crippen molar-refractivity contribution in [2.75, 3.05) is 0 Å². The molecule has 0 fully saturated rings. The number of phenols is 1. The number of aryl methyl sites for hydroxylation is 1. The number of rotatable bonds is 9. The Balaban J connectivity index is 2.64. The highest BCUT2D eigenvalue weighted by Gasteiger charge is 2.14. The van der Waals surface area contributed by atoms with Crippen LogP contribution in [0.25, 0.3) is 0 Å². The molecule has 0 saturated carbocycles. The van der Waals surface area contributed by atoms with E-state index in [-0.39, 0.29) is 11.3 Å². The Morgan fingerprint density at radius 3 is 2.73 bits per heavy atom. The fourth-order valence-electron chi connectivity index (χ4n) is 2.04. The Morgan fingerprint density at radius 2 is 2.00 bits per heavy atom. The Kier molecular flexibility index (Phi) is 8.73. The van der Waals surface area contributed by atoms with E-state index in [2.05, 4.69) is 26.0 Å². The van der Waals surface area contributed by atoms with Gasteiger partial charge in [-0.05, 0) is 49.8 Å². The number of para-hydroxylation sites is 1. The second-order valence-electron chi connectivity index (χ2n) is 5.15. The second kappa shape index (κ2) is 10.7. The number of carbonyl (C=O) groups excluding carboxylic acids is 1. The average molecular weight is 302 g/mol. The lowest BCUT2D eigenvalue weighted by Crippen LogP contribution is -2.02. The zero-order valence-corrected chi connectivity index (χ0v) is 13.5. The predicted molar refractivity (Wildman–Crippen MR) is 89.9 cm³/mol. The van der Waals surface area contributed by atoms with Crippen molar-refractivity contribution in [1.82, 2.24) is 0 Å². The van der Waals surface area contributed by atoms with Crippen molar-refractivity contribution in [2.24, 2.45) is 0 Å². The van der Waals surface area contributed by atoms with Crippen molar-refractivity contribution < 1.29 is 14.6 Å². The minimum Gasteiger partial charge on any atom is -0.507 e. The van der Waals surface area contributed by atoms with E-state index >= 15 is 0 Å². The highest BCUT2D eigenvalue weighted by atomic mass is 16.5. The maximum atomic E-state index is 12.0. The summed E-state index contributed by atoms with van der Waals surface area (Å²) in [7, 11) is 0. The van der Waals surface area contributed by atoms with Crippen LogP contribution in [0.2, 0.25) is 0 Å². The summed E-state index contributed by atoms with van der Waals surface area (Å²) in [6, 6.07) is 5.20. The molecule has 0 unspecified atom stereocenters. The fraction of sp³-hybridized carbons (Fsp3) is 0.421. The van der Waals surface area contributed by atoms with Gasteiger partial charge in [-0.3, -0.25) is 0 Å². The summed E-state index contributed by atoms with van der Waals surface area (Å²) in [5, 5.41) is 10.2. The van der Waals surface area contributed by atoms with Gasteiger partial charge in [-0.2, -0.15) is 0 Å². The van der Waals surface area contributed by atoms with Gasteiger partial charge in [0.2, 0.25) is 0 Å². The average Bonchev–Trinajstić information content (AvgIpc) is 2.52. The van der Waals surface area contributed by atoms with Gasteiger partial charge >= 0.3 is 5.97 Å². The maximum Gasteiger partial charge on any atom is 0.346 e. The molecule has 22 heavy (non-hydrogen) atoms. The van der Waals surface area contributed by atoms with Crippen LogP contribution in [0.4, 0.5) is 0 Å². The van der Waals surface area contributed by atoms with Crippen molar-refractivity contribution in [2.45, 2.75) is 52.4 Å². The molecule has 0 radical (unpaired) electrons. The molecule has 0 spiro atoms. The molecule has 0 aliphatic carbocycles. The van der Waals surface area contributed by atoms with Crippen LogP contribution in [-0.2, 0) is 11.2 Å². The van der Waals surface area contributed by atoms with Crippen LogP contribution in [0.3, 0.4) is 0 Å². The highest BCUT2D eigenvalue weighted by molar-refractivity contribution is 5.93. The van der Waals surface area contributed by atoms with Gasteiger partial charge in [0.25, 0.3) is 0 Å². The molecule has 0 aliphatic heterocycles. The normalized spacial score (nSPS) is 11.4. The summed E-state index contributed by atoms with van der Waals surface area (Å²) in [6.07, 6.45) is 13.0. The van der Waals surface area contributed by atoms with Crippen LogP contribution in [0, 0.1) is 0 Å². The van der Waals surface area contributed by atoms with E-state index in [1.54, 1.807) is 12.1 Å². The Bertz CT molecular complexity index is 515. The Morgan fingerprint density at radius 1 is 1.18 bits per heavy atom. The first kappa shape index (κ1) is 18.0. The SMILES string of the molecule is CC/C=C\CCc1cccc(C(=O)OC=CCCCC)c1O. The molecule has 0 atom stereocenters. The van der Waals surface area contributed by atoms with E-state index in [1.165, 1.54) is 6.26 Å². The Labute approximate surface area is 133 Å². The van der Waals surface area contributed by atoms with Crippen LogP contribution in [0.5, 0.6) is 5.75 Å². The van der Waals surface area contributed by atoms with Gasteiger partial charge in [-0.15, -0.1) is 0 Å². The molecular weight excluding hydrogens is 276 g/mol. The summed E-state index contributed by atoms with van der Waals surface area (Å²) in [5.74, 6) is -0.490. The summed E-state index contributed by atoms with van der Waals surface area (Å²) in [6.45, 7) is 4.19. The molecule has 0 amide bonds. The number of unbranched alkanes of at least 4 members (excludes halogenated alkanes) is 2. The zero-order chi connectivity index (χ0) is 16.2.